The molecule has 0 saturated carbocycles. The van der Waals surface area contributed by atoms with Gasteiger partial charge in [-0.15, -0.1) is 11.3 Å². The van der Waals surface area contributed by atoms with Crippen LogP contribution in [0.2, 0.25) is 10.0 Å². The van der Waals surface area contributed by atoms with Crippen LogP contribution < -0.4 is 9.64 Å². The molecule has 0 radical (unpaired) electrons. The fourth-order valence-electron chi connectivity index (χ4n) is 2.56. The van der Waals surface area contributed by atoms with Gasteiger partial charge in [-0.25, -0.2) is 4.98 Å². The van der Waals surface area contributed by atoms with Crippen molar-refractivity contribution in [2.24, 2.45) is 0 Å². The molecule has 3 rings (SSSR count). The van der Waals surface area contributed by atoms with E-state index in [1.807, 2.05) is 10.3 Å². The molecule has 8 heteroatoms. The van der Waals surface area contributed by atoms with Gasteiger partial charge in [0.15, 0.2) is 11.2 Å². The molecule has 0 aliphatic carbocycles. The first kappa shape index (κ1) is 17.3. The van der Waals surface area contributed by atoms with Crippen LogP contribution in [0.25, 0.3) is 0 Å². The summed E-state index contributed by atoms with van der Waals surface area (Å²) < 4.78 is 5.71. The van der Waals surface area contributed by atoms with Crippen molar-refractivity contribution < 1.29 is 9.53 Å². The molecule has 1 aliphatic rings. The van der Waals surface area contributed by atoms with E-state index in [0.717, 1.165) is 18.2 Å². The molecule has 0 spiro atoms. The van der Waals surface area contributed by atoms with Crippen molar-refractivity contribution in [3.05, 3.63) is 39.8 Å². The highest BCUT2D eigenvalue weighted by atomic mass is 35.5. The average molecular weight is 386 g/mol. The Morgan fingerprint density at radius 3 is 2.67 bits per heavy atom. The lowest BCUT2D eigenvalue weighted by atomic mass is 10.2. The first-order valence-electron chi connectivity index (χ1n) is 7.59. The van der Waals surface area contributed by atoms with Crippen molar-refractivity contribution in [2.75, 3.05) is 31.1 Å². The van der Waals surface area contributed by atoms with Crippen molar-refractivity contribution in [3.63, 3.8) is 0 Å². The Kier molecular flexibility index (Phi) is 5.48. The summed E-state index contributed by atoms with van der Waals surface area (Å²) in [5.41, 5.74) is 0. The average Bonchev–Trinajstić information content (AvgIpc) is 3.11. The van der Waals surface area contributed by atoms with Crippen LogP contribution >= 0.6 is 34.5 Å². The van der Waals surface area contributed by atoms with Gasteiger partial charge in [-0.3, -0.25) is 4.79 Å². The molecule has 5 nitrogen and oxygen atoms in total. The van der Waals surface area contributed by atoms with Crippen LogP contribution in [0.4, 0.5) is 5.13 Å². The third-order valence-electron chi connectivity index (χ3n) is 3.83. The normalized spacial score (nSPS) is 16.1. The Hall–Kier alpha value is -1.50. The molecule has 1 atom stereocenters. The van der Waals surface area contributed by atoms with E-state index in [-0.39, 0.29) is 5.91 Å². The number of hydrogen-bond acceptors (Lipinski definition) is 5. The third-order valence-corrected chi connectivity index (χ3v) is 5.19. The van der Waals surface area contributed by atoms with E-state index in [1.165, 1.54) is 0 Å². The second-order valence-corrected chi connectivity index (χ2v) is 7.18. The standard InChI is InChI=1S/C16H17Cl2N3O2S/c1-11(23-14-3-2-12(17)10-13(14)18)15(22)20-5-7-21(8-6-20)16-19-4-9-24-16/h2-4,9-11H,5-8H2,1H3/t11-/m0/s1. The Morgan fingerprint density at radius 1 is 1.29 bits per heavy atom. The summed E-state index contributed by atoms with van der Waals surface area (Å²) >= 11 is 13.6. The Labute approximate surface area is 154 Å². The number of thiazole rings is 1. The van der Waals surface area contributed by atoms with Crippen LogP contribution in [0.5, 0.6) is 5.75 Å². The van der Waals surface area contributed by atoms with Crippen molar-refractivity contribution in [2.45, 2.75) is 13.0 Å². The number of rotatable bonds is 4. The summed E-state index contributed by atoms with van der Waals surface area (Å²) in [5, 5.41) is 3.89. The lowest BCUT2D eigenvalue weighted by Crippen LogP contribution is -2.52. The topological polar surface area (TPSA) is 45.7 Å². The molecule has 2 heterocycles. The number of carbonyl (C=O) groups is 1. The van der Waals surface area contributed by atoms with Crippen LogP contribution in [0.3, 0.4) is 0 Å². The van der Waals surface area contributed by atoms with Crippen molar-refractivity contribution >= 4 is 45.6 Å². The highest BCUT2D eigenvalue weighted by Gasteiger charge is 2.27. The van der Waals surface area contributed by atoms with E-state index >= 15 is 0 Å². The van der Waals surface area contributed by atoms with Crippen molar-refractivity contribution in [1.82, 2.24) is 9.88 Å². The zero-order valence-electron chi connectivity index (χ0n) is 13.1. The molecule has 1 fully saturated rings. The predicted molar refractivity (Wildman–Crippen MR) is 97.5 cm³/mol. The first-order valence-corrected chi connectivity index (χ1v) is 9.23. The summed E-state index contributed by atoms with van der Waals surface area (Å²) in [7, 11) is 0. The number of amides is 1. The van der Waals surface area contributed by atoms with E-state index in [0.29, 0.717) is 28.9 Å². The molecule has 1 aromatic carbocycles. The summed E-state index contributed by atoms with van der Waals surface area (Å²) in [6, 6.07) is 4.96. The fourth-order valence-corrected chi connectivity index (χ4v) is 3.71. The molecule has 0 unspecified atom stereocenters. The highest BCUT2D eigenvalue weighted by Crippen LogP contribution is 2.28. The van der Waals surface area contributed by atoms with Crippen LogP contribution in [-0.2, 0) is 4.79 Å². The minimum Gasteiger partial charge on any atom is -0.479 e. The van der Waals surface area contributed by atoms with Crippen molar-refractivity contribution in [3.8, 4) is 5.75 Å². The van der Waals surface area contributed by atoms with Gasteiger partial charge in [0.05, 0.1) is 5.02 Å². The Balaban J connectivity index is 1.56. The molecule has 0 bridgehead atoms. The van der Waals surface area contributed by atoms with E-state index in [2.05, 4.69) is 9.88 Å². The molecular weight excluding hydrogens is 369 g/mol. The molecule has 1 amide bonds. The molecular formula is C16H17Cl2N3O2S. The maximum Gasteiger partial charge on any atom is 0.263 e. The summed E-state index contributed by atoms with van der Waals surface area (Å²) in [6.45, 7) is 4.59. The van der Waals surface area contributed by atoms with E-state index in [1.54, 1.807) is 42.7 Å². The van der Waals surface area contributed by atoms with Crippen molar-refractivity contribution in [1.29, 1.82) is 0 Å². The maximum absolute atomic E-state index is 12.6. The highest BCUT2D eigenvalue weighted by molar-refractivity contribution is 7.13. The molecule has 2 aromatic rings. The van der Waals surface area contributed by atoms with Gasteiger partial charge in [-0.1, -0.05) is 23.2 Å². The molecule has 24 heavy (non-hydrogen) atoms. The van der Waals surface area contributed by atoms with Crippen LogP contribution in [0, 0.1) is 0 Å². The number of anilines is 1. The van der Waals surface area contributed by atoms with Gasteiger partial charge >= 0.3 is 0 Å². The zero-order chi connectivity index (χ0) is 17.1. The van der Waals surface area contributed by atoms with Gasteiger partial charge in [0.2, 0.25) is 0 Å². The number of ether oxygens (including phenoxy) is 1. The molecule has 1 saturated heterocycles. The molecule has 1 aromatic heterocycles. The molecule has 128 valence electrons. The second kappa shape index (κ2) is 7.59. The van der Waals surface area contributed by atoms with Gasteiger partial charge in [-0.2, -0.15) is 0 Å². The number of piperazine rings is 1. The van der Waals surface area contributed by atoms with E-state index in [9.17, 15) is 4.79 Å². The van der Waals surface area contributed by atoms with Gasteiger partial charge in [0.25, 0.3) is 5.91 Å². The largest absolute Gasteiger partial charge is 0.479 e. The third kappa shape index (κ3) is 3.94. The number of halogens is 2. The van der Waals surface area contributed by atoms with Gasteiger partial charge in [0.1, 0.15) is 5.75 Å². The number of nitrogens with zero attached hydrogens (tertiary/aromatic N) is 3. The smallest absolute Gasteiger partial charge is 0.263 e. The predicted octanol–water partition coefficient (Wildman–Crippen LogP) is 3.57. The SMILES string of the molecule is C[C@H](Oc1ccc(Cl)cc1Cl)C(=O)N1CCN(c2nccs2)CC1. The number of aromatic nitrogens is 1. The quantitative estimate of drug-likeness (QED) is 0.806. The number of benzene rings is 1. The fraction of sp³-hybridized carbons (Fsp3) is 0.375. The van der Waals surface area contributed by atoms with Gasteiger partial charge in [-0.05, 0) is 25.1 Å². The Morgan fingerprint density at radius 2 is 2.04 bits per heavy atom. The van der Waals surface area contributed by atoms with Crippen LogP contribution in [0.15, 0.2) is 29.8 Å². The zero-order valence-corrected chi connectivity index (χ0v) is 15.4. The first-order chi connectivity index (χ1) is 11.5. The maximum atomic E-state index is 12.6. The second-order valence-electron chi connectivity index (χ2n) is 5.46. The lowest BCUT2D eigenvalue weighted by Gasteiger charge is -2.35. The lowest BCUT2D eigenvalue weighted by molar-refractivity contribution is -0.138. The van der Waals surface area contributed by atoms with Crippen LogP contribution in [0.1, 0.15) is 6.92 Å². The van der Waals surface area contributed by atoms with Gasteiger partial charge < -0.3 is 14.5 Å². The summed E-state index contributed by atoms with van der Waals surface area (Å²) in [5.74, 6) is 0.420. The minimum atomic E-state index is -0.602. The monoisotopic (exact) mass is 385 g/mol. The number of carbonyl (C=O) groups excluding carboxylic acids is 1. The number of hydrogen-bond donors (Lipinski definition) is 0. The molecule has 0 N–H and O–H groups in total. The Bertz CT molecular complexity index is 703. The summed E-state index contributed by atoms with van der Waals surface area (Å²) in [4.78, 5) is 20.9. The van der Waals surface area contributed by atoms with E-state index < -0.39 is 6.10 Å². The molecule has 1 aliphatic heterocycles. The summed E-state index contributed by atoms with van der Waals surface area (Å²) in [6.07, 6.45) is 1.19. The van der Waals surface area contributed by atoms with Crippen LogP contribution in [-0.4, -0.2) is 48.1 Å². The minimum absolute atomic E-state index is 0.0418. The van der Waals surface area contributed by atoms with Gasteiger partial charge in [0, 0.05) is 42.8 Å². The van der Waals surface area contributed by atoms with E-state index in [4.69, 9.17) is 27.9 Å².